The number of hydrogen-bond donors (Lipinski definition) is 2. The average molecular weight is 529 g/mol. The summed E-state index contributed by atoms with van der Waals surface area (Å²) in [6, 6.07) is 21.9. The third-order valence-corrected chi connectivity index (χ3v) is 7.06. The van der Waals surface area contributed by atoms with Gasteiger partial charge in [0.25, 0.3) is 5.91 Å². The van der Waals surface area contributed by atoms with Crippen LogP contribution in [0.1, 0.15) is 12.0 Å². The van der Waals surface area contributed by atoms with Gasteiger partial charge in [-0.3, -0.25) is 14.5 Å². The van der Waals surface area contributed by atoms with Crippen LogP contribution in [0.25, 0.3) is 10.9 Å². The molecule has 1 saturated heterocycles. The van der Waals surface area contributed by atoms with Gasteiger partial charge in [-0.1, -0.05) is 30.3 Å². The molecule has 9 heteroatoms. The highest BCUT2D eigenvalue weighted by Crippen LogP contribution is 2.30. The summed E-state index contributed by atoms with van der Waals surface area (Å²) in [5, 5.41) is 4.37. The minimum atomic E-state index is -0.725. The van der Waals surface area contributed by atoms with E-state index in [0.717, 1.165) is 16.5 Å². The molecular weight excluding hydrogens is 500 g/mol. The zero-order valence-corrected chi connectivity index (χ0v) is 22.0. The smallest absolute Gasteiger partial charge is 0.256 e. The molecule has 1 aliphatic heterocycles. The van der Waals surface area contributed by atoms with Gasteiger partial charge in [0.2, 0.25) is 5.91 Å². The van der Waals surface area contributed by atoms with Crippen molar-refractivity contribution in [3.63, 3.8) is 0 Å². The predicted octanol–water partition coefficient (Wildman–Crippen LogP) is 4.76. The van der Waals surface area contributed by atoms with Crippen LogP contribution in [0.5, 0.6) is 11.5 Å². The Kier molecular flexibility index (Phi) is 7.28. The Labute approximate surface area is 226 Å². The minimum absolute atomic E-state index is 0.0308. The number of hydrogen-bond acceptors (Lipinski definition) is 5. The van der Waals surface area contributed by atoms with Crippen molar-refractivity contribution in [1.82, 2.24) is 9.88 Å². The average Bonchev–Trinajstić information content (AvgIpc) is 3.49. The Bertz CT molecular complexity index is 1490. The number of rotatable bonds is 9. The minimum Gasteiger partial charge on any atom is -0.493 e. The largest absolute Gasteiger partial charge is 0.493 e. The number of amides is 2. The van der Waals surface area contributed by atoms with Gasteiger partial charge >= 0.3 is 0 Å². The Morgan fingerprint density at radius 3 is 2.55 bits per heavy atom. The molecule has 2 amide bonds. The molecule has 0 bridgehead atoms. The van der Waals surface area contributed by atoms with Gasteiger partial charge in [-0.05, 0) is 72.1 Å². The summed E-state index contributed by atoms with van der Waals surface area (Å²) in [5.41, 5.74) is 3.26. The van der Waals surface area contributed by atoms with Gasteiger partial charge < -0.3 is 24.7 Å². The van der Waals surface area contributed by atoms with Crippen LogP contribution in [0.15, 0.2) is 79.0 Å². The highest BCUT2D eigenvalue weighted by atomic mass is 32.1. The highest BCUT2D eigenvalue weighted by Gasteiger charge is 2.43. The molecule has 0 aliphatic carbocycles. The van der Waals surface area contributed by atoms with Crippen LogP contribution in [0.4, 0.5) is 11.4 Å². The van der Waals surface area contributed by atoms with Gasteiger partial charge in [-0.15, -0.1) is 0 Å². The van der Waals surface area contributed by atoms with Crippen LogP contribution >= 0.6 is 12.2 Å². The van der Waals surface area contributed by atoms with E-state index in [2.05, 4.69) is 10.3 Å². The molecule has 38 heavy (non-hydrogen) atoms. The maximum absolute atomic E-state index is 13.6. The molecule has 1 aromatic heterocycles. The molecule has 0 spiro atoms. The van der Waals surface area contributed by atoms with E-state index < -0.39 is 6.04 Å². The van der Waals surface area contributed by atoms with E-state index >= 15 is 0 Å². The predicted molar refractivity (Wildman–Crippen MR) is 152 cm³/mol. The second kappa shape index (κ2) is 10.9. The lowest BCUT2D eigenvalue weighted by molar-refractivity contribution is -0.124. The van der Waals surface area contributed by atoms with Crippen molar-refractivity contribution in [2.45, 2.75) is 18.9 Å². The SMILES string of the molecule is COc1ccc(CCN2C(=S)N(c3ccccc3)C(=O)C2CC(=O)Nc2ccc3cc[nH]c3c2)cc1OC. The molecule has 8 nitrogen and oxygen atoms in total. The summed E-state index contributed by atoms with van der Waals surface area (Å²) in [6.45, 7) is 0.454. The summed E-state index contributed by atoms with van der Waals surface area (Å²) in [5.74, 6) is 0.794. The second-order valence-corrected chi connectivity index (χ2v) is 9.34. The third kappa shape index (κ3) is 5.05. The fourth-order valence-corrected chi connectivity index (χ4v) is 5.11. The topological polar surface area (TPSA) is 86.9 Å². The quantitative estimate of drug-likeness (QED) is 0.305. The van der Waals surface area contributed by atoms with Crippen molar-refractivity contribution in [2.75, 3.05) is 31.0 Å². The summed E-state index contributed by atoms with van der Waals surface area (Å²) >= 11 is 5.78. The van der Waals surface area contributed by atoms with Gasteiger partial charge in [-0.25, -0.2) is 0 Å². The van der Waals surface area contributed by atoms with Crippen molar-refractivity contribution >= 4 is 51.4 Å². The third-order valence-electron chi connectivity index (χ3n) is 6.64. The van der Waals surface area contributed by atoms with Crippen molar-refractivity contribution in [3.8, 4) is 11.5 Å². The first-order valence-electron chi connectivity index (χ1n) is 12.3. The molecule has 1 aliphatic rings. The van der Waals surface area contributed by atoms with E-state index in [-0.39, 0.29) is 18.2 Å². The van der Waals surface area contributed by atoms with Crippen LogP contribution in [-0.4, -0.2) is 53.6 Å². The van der Waals surface area contributed by atoms with Gasteiger partial charge in [0.05, 0.1) is 26.3 Å². The molecule has 3 aromatic carbocycles. The van der Waals surface area contributed by atoms with E-state index in [9.17, 15) is 9.59 Å². The molecule has 2 heterocycles. The Morgan fingerprint density at radius 1 is 1.00 bits per heavy atom. The van der Waals surface area contributed by atoms with Crippen LogP contribution < -0.4 is 19.7 Å². The molecule has 4 aromatic rings. The van der Waals surface area contributed by atoms with Gasteiger partial charge in [0, 0.05) is 23.9 Å². The van der Waals surface area contributed by atoms with Crippen molar-refractivity contribution in [2.24, 2.45) is 0 Å². The van der Waals surface area contributed by atoms with Crippen LogP contribution in [0, 0.1) is 0 Å². The maximum Gasteiger partial charge on any atom is 0.256 e. The number of nitrogens with one attached hydrogen (secondary N) is 2. The molecule has 1 fully saturated rings. The standard InChI is InChI=1S/C29H28N4O4S/c1-36-25-11-8-19(16-26(25)37-2)13-15-32-24(28(35)33(29(32)38)22-6-4-3-5-7-22)18-27(34)31-21-10-9-20-12-14-30-23(20)17-21/h3-12,14,16-17,24,30H,13,15,18H2,1-2H3,(H,31,34). The van der Waals surface area contributed by atoms with Crippen LogP contribution in [0.3, 0.4) is 0 Å². The number of thiocarbonyl (C=S) groups is 1. The summed E-state index contributed by atoms with van der Waals surface area (Å²) < 4.78 is 10.8. The molecule has 5 rings (SSSR count). The first-order chi connectivity index (χ1) is 18.5. The number of aromatic amines is 1. The van der Waals surface area contributed by atoms with E-state index in [1.807, 2.05) is 83.9 Å². The number of methoxy groups -OCH3 is 2. The number of fused-ring (bicyclic) bond motifs is 1. The lowest BCUT2D eigenvalue weighted by Gasteiger charge is -2.24. The first-order valence-corrected chi connectivity index (χ1v) is 12.7. The number of anilines is 2. The van der Waals surface area contributed by atoms with E-state index in [1.165, 1.54) is 4.90 Å². The number of carbonyl (C=O) groups excluding carboxylic acids is 2. The molecule has 194 valence electrons. The van der Waals surface area contributed by atoms with Crippen molar-refractivity contribution in [1.29, 1.82) is 0 Å². The molecule has 1 unspecified atom stereocenters. The van der Waals surface area contributed by atoms with Crippen molar-refractivity contribution < 1.29 is 19.1 Å². The number of nitrogens with zero attached hydrogens (tertiary/aromatic N) is 2. The lowest BCUT2D eigenvalue weighted by atomic mass is 10.1. The van der Waals surface area contributed by atoms with Crippen molar-refractivity contribution in [3.05, 3.63) is 84.6 Å². The Balaban J connectivity index is 1.36. The summed E-state index contributed by atoms with van der Waals surface area (Å²) in [4.78, 5) is 33.3. The van der Waals surface area contributed by atoms with Crippen LogP contribution in [-0.2, 0) is 16.0 Å². The fraction of sp³-hybridized carbons (Fsp3) is 0.207. The second-order valence-electron chi connectivity index (χ2n) is 8.97. The zero-order valence-electron chi connectivity index (χ0n) is 21.1. The molecule has 1 atom stereocenters. The van der Waals surface area contributed by atoms with E-state index in [0.29, 0.717) is 41.0 Å². The zero-order chi connectivity index (χ0) is 26.6. The monoisotopic (exact) mass is 528 g/mol. The number of H-pyrrole nitrogens is 1. The Morgan fingerprint density at radius 2 is 1.79 bits per heavy atom. The van der Waals surface area contributed by atoms with Gasteiger partial charge in [0.15, 0.2) is 16.6 Å². The summed E-state index contributed by atoms with van der Waals surface area (Å²) in [6.07, 6.45) is 2.41. The number of ether oxygens (including phenoxy) is 2. The number of aromatic nitrogens is 1. The number of para-hydroxylation sites is 1. The maximum atomic E-state index is 13.6. The molecular formula is C29H28N4O4S. The molecule has 0 saturated carbocycles. The van der Waals surface area contributed by atoms with Crippen LogP contribution in [0.2, 0.25) is 0 Å². The van der Waals surface area contributed by atoms with E-state index in [4.69, 9.17) is 21.7 Å². The number of benzene rings is 3. The molecule has 0 radical (unpaired) electrons. The highest BCUT2D eigenvalue weighted by molar-refractivity contribution is 7.80. The molecule has 2 N–H and O–H groups in total. The first kappa shape index (κ1) is 25.3. The van der Waals surface area contributed by atoms with Gasteiger partial charge in [0.1, 0.15) is 6.04 Å². The Hall–Kier alpha value is -4.37. The fourth-order valence-electron chi connectivity index (χ4n) is 4.70. The van der Waals surface area contributed by atoms with E-state index in [1.54, 1.807) is 14.2 Å². The lowest BCUT2D eigenvalue weighted by Crippen LogP contribution is -2.39. The van der Waals surface area contributed by atoms with Gasteiger partial charge in [-0.2, -0.15) is 0 Å². The normalized spacial score (nSPS) is 15.3. The number of carbonyl (C=O) groups is 2. The summed E-state index contributed by atoms with van der Waals surface area (Å²) in [7, 11) is 3.19.